The molecule has 1 aliphatic carbocycles. The van der Waals surface area contributed by atoms with Gasteiger partial charge in [-0.3, -0.25) is 0 Å². The number of hydrogen-bond acceptors (Lipinski definition) is 4. The Morgan fingerprint density at radius 2 is 2.18 bits per heavy atom. The van der Waals surface area contributed by atoms with Crippen LogP contribution in [-0.4, -0.2) is 15.2 Å². The number of halogens is 1. The molecule has 0 aliphatic heterocycles. The number of phenolic OH excluding ortho intramolecular Hbond substituents is 1. The fraction of sp³-hybridized carbons (Fsp3) is 0.333. The van der Waals surface area contributed by atoms with E-state index in [2.05, 4.69) is 32.7 Å². The van der Waals surface area contributed by atoms with E-state index in [1.54, 1.807) is 6.07 Å². The van der Waals surface area contributed by atoms with E-state index in [-0.39, 0.29) is 5.75 Å². The molecular weight excluding hydrogens is 331 g/mol. The second-order valence-corrected chi connectivity index (χ2v) is 5.49. The minimum Gasteiger partial charge on any atom is -0.507 e. The van der Waals surface area contributed by atoms with E-state index in [1.807, 2.05) is 12.1 Å². The van der Waals surface area contributed by atoms with Gasteiger partial charge in [0.1, 0.15) is 5.75 Å². The predicted octanol–water partition coefficient (Wildman–Crippen LogP) is 3.31. The molecule has 1 heterocycles. The fourth-order valence-corrected chi connectivity index (χ4v) is 2.35. The van der Waals surface area contributed by atoms with Gasteiger partial charge in [-0.2, -0.15) is 4.98 Å². The molecule has 1 N–H and O–H groups in total. The van der Waals surface area contributed by atoms with E-state index in [0.29, 0.717) is 17.4 Å². The summed E-state index contributed by atoms with van der Waals surface area (Å²) < 4.78 is 6.25. The molecule has 0 amide bonds. The Balaban J connectivity index is 1.97. The van der Waals surface area contributed by atoms with Crippen molar-refractivity contribution in [3.8, 4) is 17.2 Å². The third-order valence-electron chi connectivity index (χ3n) is 3.10. The summed E-state index contributed by atoms with van der Waals surface area (Å²) >= 11 is 2.19. The van der Waals surface area contributed by atoms with Crippen LogP contribution in [0.15, 0.2) is 22.7 Å². The normalized spacial score (nSPS) is 15.8. The average molecular weight is 342 g/mol. The van der Waals surface area contributed by atoms with Crippen molar-refractivity contribution in [2.24, 2.45) is 0 Å². The maximum absolute atomic E-state index is 9.78. The lowest BCUT2D eigenvalue weighted by atomic mass is 9.85. The van der Waals surface area contributed by atoms with E-state index in [0.717, 1.165) is 22.2 Å². The lowest BCUT2D eigenvalue weighted by Gasteiger charge is -2.20. The van der Waals surface area contributed by atoms with E-state index in [4.69, 9.17) is 4.52 Å². The van der Waals surface area contributed by atoms with Gasteiger partial charge in [-0.1, -0.05) is 11.6 Å². The molecule has 0 radical (unpaired) electrons. The van der Waals surface area contributed by atoms with Crippen LogP contribution in [0.1, 0.15) is 31.0 Å². The van der Waals surface area contributed by atoms with Crippen LogP contribution in [-0.2, 0) is 0 Å². The highest BCUT2D eigenvalue weighted by atomic mass is 127. The maximum atomic E-state index is 9.78. The van der Waals surface area contributed by atoms with Gasteiger partial charge in [0.15, 0.2) is 5.82 Å². The minimum absolute atomic E-state index is 0.175. The maximum Gasteiger partial charge on any atom is 0.261 e. The summed E-state index contributed by atoms with van der Waals surface area (Å²) in [5.41, 5.74) is 0.606. The zero-order valence-electron chi connectivity index (χ0n) is 9.06. The van der Waals surface area contributed by atoms with Gasteiger partial charge in [-0.25, -0.2) is 0 Å². The molecular formula is C12H11IN2O2. The molecule has 1 aromatic carbocycles. The molecule has 17 heavy (non-hydrogen) atoms. The highest BCUT2D eigenvalue weighted by Gasteiger charge is 2.25. The van der Waals surface area contributed by atoms with E-state index >= 15 is 0 Å². The summed E-state index contributed by atoms with van der Waals surface area (Å²) in [7, 11) is 0. The minimum atomic E-state index is 0.175. The fourth-order valence-electron chi connectivity index (χ4n) is 1.86. The third-order valence-corrected chi connectivity index (χ3v) is 3.77. The quantitative estimate of drug-likeness (QED) is 0.851. The number of benzene rings is 1. The molecule has 0 spiro atoms. The number of rotatable bonds is 2. The molecule has 0 bridgehead atoms. The second-order valence-electron chi connectivity index (χ2n) is 4.25. The number of hydrogen-bond donors (Lipinski definition) is 1. The summed E-state index contributed by atoms with van der Waals surface area (Å²) in [6.07, 6.45) is 3.51. The molecule has 0 saturated heterocycles. The Labute approximate surface area is 112 Å². The molecule has 88 valence electrons. The van der Waals surface area contributed by atoms with Crippen LogP contribution in [0.3, 0.4) is 0 Å². The Morgan fingerprint density at radius 3 is 2.88 bits per heavy atom. The SMILES string of the molecule is Oc1ccc(I)cc1-c1nc(C2CCC2)no1. The van der Waals surface area contributed by atoms with Crippen LogP contribution in [0.2, 0.25) is 0 Å². The molecule has 1 aromatic heterocycles. The van der Waals surface area contributed by atoms with Gasteiger partial charge >= 0.3 is 0 Å². The third kappa shape index (κ3) is 2.03. The Bertz CT molecular complexity index is 549. The van der Waals surface area contributed by atoms with Gasteiger partial charge in [0.25, 0.3) is 5.89 Å². The smallest absolute Gasteiger partial charge is 0.261 e. The highest BCUT2D eigenvalue weighted by molar-refractivity contribution is 14.1. The van der Waals surface area contributed by atoms with Crippen molar-refractivity contribution >= 4 is 22.6 Å². The summed E-state index contributed by atoms with van der Waals surface area (Å²) in [4.78, 5) is 4.36. The summed E-state index contributed by atoms with van der Waals surface area (Å²) in [6.45, 7) is 0. The lowest BCUT2D eigenvalue weighted by molar-refractivity contribution is 0.365. The molecule has 0 unspecified atom stereocenters. The first-order valence-corrected chi connectivity index (χ1v) is 6.64. The molecule has 5 heteroatoms. The van der Waals surface area contributed by atoms with Gasteiger partial charge in [0, 0.05) is 9.49 Å². The zero-order chi connectivity index (χ0) is 11.8. The van der Waals surface area contributed by atoms with Gasteiger partial charge < -0.3 is 9.63 Å². The molecule has 1 aliphatic rings. The topological polar surface area (TPSA) is 59.2 Å². The van der Waals surface area contributed by atoms with E-state index < -0.39 is 0 Å². The van der Waals surface area contributed by atoms with Gasteiger partial charge in [-0.15, -0.1) is 0 Å². The first-order chi connectivity index (χ1) is 8.24. The Morgan fingerprint density at radius 1 is 1.35 bits per heavy atom. The number of aromatic nitrogens is 2. The van der Waals surface area contributed by atoms with Crippen LogP contribution in [0.4, 0.5) is 0 Å². The van der Waals surface area contributed by atoms with Crippen molar-refractivity contribution in [1.82, 2.24) is 10.1 Å². The number of phenols is 1. The predicted molar refractivity (Wildman–Crippen MR) is 70.7 cm³/mol. The van der Waals surface area contributed by atoms with E-state index in [1.165, 1.54) is 6.42 Å². The van der Waals surface area contributed by atoms with Crippen LogP contribution in [0, 0.1) is 3.57 Å². The van der Waals surface area contributed by atoms with Crippen LogP contribution >= 0.6 is 22.6 Å². The molecule has 1 saturated carbocycles. The molecule has 4 nitrogen and oxygen atoms in total. The Hall–Kier alpha value is -1.11. The van der Waals surface area contributed by atoms with Crippen molar-refractivity contribution in [3.05, 3.63) is 27.6 Å². The Kier molecular flexibility index (Phi) is 2.78. The van der Waals surface area contributed by atoms with Crippen molar-refractivity contribution in [1.29, 1.82) is 0 Å². The van der Waals surface area contributed by atoms with Crippen LogP contribution < -0.4 is 0 Å². The lowest BCUT2D eigenvalue weighted by Crippen LogP contribution is -2.10. The summed E-state index contributed by atoms with van der Waals surface area (Å²) in [5.74, 6) is 1.79. The summed E-state index contributed by atoms with van der Waals surface area (Å²) in [5, 5.41) is 13.8. The van der Waals surface area contributed by atoms with Gasteiger partial charge in [0.2, 0.25) is 0 Å². The molecule has 0 atom stereocenters. The van der Waals surface area contributed by atoms with Crippen molar-refractivity contribution in [2.75, 3.05) is 0 Å². The number of aromatic hydroxyl groups is 1. The molecule has 2 aromatic rings. The van der Waals surface area contributed by atoms with Crippen LogP contribution in [0.5, 0.6) is 5.75 Å². The first-order valence-electron chi connectivity index (χ1n) is 5.56. The van der Waals surface area contributed by atoms with Crippen molar-refractivity contribution in [2.45, 2.75) is 25.2 Å². The van der Waals surface area contributed by atoms with Crippen molar-refractivity contribution < 1.29 is 9.63 Å². The monoisotopic (exact) mass is 342 g/mol. The van der Waals surface area contributed by atoms with Gasteiger partial charge in [-0.05, 0) is 53.6 Å². The number of nitrogens with zero attached hydrogens (tertiary/aromatic N) is 2. The van der Waals surface area contributed by atoms with E-state index in [9.17, 15) is 5.11 Å². The molecule has 1 fully saturated rings. The van der Waals surface area contributed by atoms with Crippen LogP contribution in [0.25, 0.3) is 11.5 Å². The largest absolute Gasteiger partial charge is 0.507 e. The second kappa shape index (κ2) is 4.29. The average Bonchev–Trinajstić information content (AvgIpc) is 2.68. The highest BCUT2D eigenvalue weighted by Crippen LogP contribution is 2.36. The summed E-state index contributed by atoms with van der Waals surface area (Å²) in [6, 6.07) is 5.32. The molecule has 3 rings (SSSR count). The first kappa shape index (κ1) is 11.0. The van der Waals surface area contributed by atoms with Crippen molar-refractivity contribution in [3.63, 3.8) is 0 Å². The zero-order valence-corrected chi connectivity index (χ0v) is 11.2. The standard InChI is InChI=1S/C12H11IN2O2/c13-8-4-5-10(16)9(6-8)12-14-11(15-17-12)7-2-1-3-7/h4-7,16H,1-3H2. The van der Waals surface area contributed by atoms with Gasteiger partial charge in [0.05, 0.1) is 5.56 Å².